The molecule has 3 rings (SSSR count). The Morgan fingerprint density at radius 2 is 1.92 bits per heavy atom. The van der Waals surface area contributed by atoms with Gasteiger partial charge in [0.1, 0.15) is 6.10 Å². The number of aryl methyl sites for hydroxylation is 2. The van der Waals surface area contributed by atoms with Crippen molar-refractivity contribution in [1.82, 2.24) is 9.62 Å². The van der Waals surface area contributed by atoms with Crippen LogP contribution in [-0.2, 0) is 19.6 Å². The van der Waals surface area contributed by atoms with Crippen molar-refractivity contribution >= 4 is 15.9 Å². The van der Waals surface area contributed by atoms with E-state index in [0.717, 1.165) is 24.0 Å². The van der Waals surface area contributed by atoms with E-state index in [9.17, 15) is 13.2 Å². The van der Waals surface area contributed by atoms with E-state index in [2.05, 4.69) is 5.32 Å². The van der Waals surface area contributed by atoms with E-state index in [1.807, 2.05) is 26.0 Å². The molecule has 1 aromatic rings. The van der Waals surface area contributed by atoms with Crippen molar-refractivity contribution in [1.29, 1.82) is 0 Å². The second kappa shape index (κ2) is 7.43. The molecule has 0 spiro atoms. The van der Waals surface area contributed by atoms with Crippen LogP contribution in [0.25, 0.3) is 0 Å². The number of amides is 1. The molecule has 2 fully saturated rings. The molecule has 1 N–H and O–H groups in total. The van der Waals surface area contributed by atoms with Crippen molar-refractivity contribution in [3.05, 3.63) is 29.3 Å². The lowest BCUT2D eigenvalue weighted by Crippen LogP contribution is -2.48. The van der Waals surface area contributed by atoms with Crippen molar-refractivity contribution in [3.8, 4) is 0 Å². The molecule has 138 valence electrons. The van der Waals surface area contributed by atoms with Crippen LogP contribution in [-0.4, -0.2) is 50.5 Å². The quantitative estimate of drug-likeness (QED) is 0.881. The first-order chi connectivity index (χ1) is 11.9. The van der Waals surface area contributed by atoms with Crippen LogP contribution in [0.4, 0.5) is 0 Å². The highest BCUT2D eigenvalue weighted by Crippen LogP contribution is 2.24. The summed E-state index contributed by atoms with van der Waals surface area (Å²) in [4.78, 5) is 12.5. The number of ether oxygens (including phenoxy) is 1. The predicted octanol–water partition coefficient (Wildman–Crippen LogP) is 1.75. The first-order valence-corrected chi connectivity index (χ1v) is 10.3. The lowest BCUT2D eigenvalue weighted by atomic mass is 10.1. The number of rotatable bonds is 4. The van der Waals surface area contributed by atoms with Gasteiger partial charge in [0.25, 0.3) is 0 Å². The summed E-state index contributed by atoms with van der Waals surface area (Å²) in [5.41, 5.74) is 1.82. The van der Waals surface area contributed by atoms with Gasteiger partial charge in [-0.25, -0.2) is 8.42 Å². The largest absolute Gasteiger partial charge is 0.368 e. The maximum absolute atomic E-state index is 12.9. The summed E-state index contributed by atoms with van der Waals surface area (Å²) in [6.45, 7) is 5.27. The van der Waals surface area contributed by atoms with Gasteiger partial charge in [-0.2, -0.15) is 4.31 Å². The number of carbonyl (C=O) groups excluding carboxylic acids is 1. The number of hydrogen-bond donors (Lipinski definition) is 1. The fourth-order valence-electron chi connectivity index (χ4n) is 3.55. The Balaban J connectivity index is 1.60. The minimum Gasteiger partial charge on any atom is -0.368 e. The van der Waals surface area contributed by atoms with E-state index >= 15 is 0 Å². The summed E-state index contributed by atoms with van der Waals surface area (Å²) >= 11 is 0. The van der Waals surface area contributed by atoms with Gasteiger partial charge in [0.2, 0.25) is 15.9 Å². The third kappa shape index (κ3) is 4.04. The zero-order chi connectivity index (χ0) is 18.0. The van der Waals surface area contributed by atoms with Gasteiger partial charge in [0.05, 0.1) is 4.90 Å². The lowest BCUT2D eigenvalue weighted by Gasteiger charge is -2.32. The minimum absolute atomic E-state index is 0.0160. The maximum atomic E-state index is 12.9. The summed E-state index contributed by atoms with van der Waals surface area (Å²) in [5, 5.41) is 3.01. The molecule has 25 heavy (non-hydrogen) atoms. The molecule has 2 aliphatic rings. The molecule has 0 saturated carbocycles. The fourth-order valence-corrected chi connectivity index (χ4v) is 5.22. The Bertz CT molecular complexity index is 733. The number of sulfonamides is 1. The van der Waals surface area contributed by atoms with Crippen LogP contribution in [0.3, 0.4) is 0 Å². The molecule has 0 radical (unpaired) electrons. The zero-order valence-corrected chi connectivity index (χ0v) is 15.6. The predicted molar refractivity (Wildman–Crippen MR) is 94.8 cm³/mol. The molecule has 0 aromatic heterocycles. The molecule has 1 unspecified atom stereocenters. The first kappa shape index (κ1) is 18.4. The normalized spacial score (nSPS) is 22.9. The van der Waals surface area contributed by atoms with E-state index in [0.29, 0.717) is 37.4 Å². The second-order valence-corrected chi connectivity index (χ2v) is 8.86. The summed E-state index contributed by atoms with van der Waals surface area (Å²) in [6, 6.07) is 5.42. The highest BCUT2D eigenvalue weighted by molar-refractivity contribution is 7.89. The average molecular weight is 366 g/mol. The highest BCUT2D eigenvalue weighted by Gasteiger charge is 2.32. The Morgan fingerprint density at radius 3 is 2.52 bits per heavy atom. The van der Waals surface area contributed by atoms with Gasteiger partial charge < -0.3 is 10.1 Å². The van der Waals surface area contributed by atoms with Crippen LogP contribution in [0.5, 0.6) is 0 Å². The van der Waals surface area contributed by atoms with Crippen molar-refractivity contribution < 1.29 is 17.9 Å². The topological polar surface area (TPSA) is 75.7 Å². The number of nitrogens with one attached hydrogen (secondary N) is 1. The second-order valence-electron chi connectivity index (χ2n) is 6.96. The number of carbonyl (C=O) groups is 1. The minimum atomic E-state index is -3.48. The molecule has 2 heterocycles. The molecular weight excluding hydrogens is 340 g/mol. The smallest absolute Gasteiger partial charge is 0.249 e. The number of hydrogen-bond acceptors (Lipinski definition) is 4. The summed E-state index contributed by atoms with van der Waals surface area (Å²) < 4.78 is 32.7. The van der Waals surface area contributed by atoms with E-state index < -0.39 is 10.0 Å². The van der Waals surface area contributed by atoms with Gasteiger partial charge >= 0.3 is 0 Å². The van der Waals surface area contributed by atoms with Crippen LogP contribution in [0, 0.1) is 13.8 Å². The van der Waals surface area contributed by atoms with Crippen LogP contribution in [0.15, 0.2) is 23.1 Å². The van der Waals surface area contributed by atoms with Crippen LogP contribution >= 0.6 is 0 Å². The van der Waals surface area contributed by atoms with E-state index in [1.54, 1.807) is 6.07 Å². The fraction of sp³-hybridized carbons (Fsp3) is 0.611. The van der Waals surface area contributed by atoms with E-state index in [4.69, 9.17) is 4.74 Å². The molecule has 1 aromatic carbocycles. The SMILES string of the molecule is Cc1ccc(S(=O)(=O)N2CCC(NC(=O)C3CCCO3)CC2)c(C)c1. The van der Waals surface area contributed by atoms with Crippen molar-refractivity contribution in [2.75, 3.05) is 19.7 Å². The number of piperidine rings is 1. The van der Waals surface area contributed by atoms with Gasteiger partial charge in [-0.3, -0.25) is 4.79 Å². The Labute approximate surface area is 149 Å². The Hall–Kier alpha value is -1.44. The molecule has 0 bridgehead atoms. The lowest BCUT2D eigenvalue weighted by molar-refractivity contribution is -0.131. The Morgan fingerprint density at radius 1 is 1.20 bits per heavy atom. The maximum Gasteiger partial charge on any atom is 0.249 e. The molecule has 7 heteroatoms. The highest BCUT2D eigenvalue weighted by atomic mass is 32.2. The zero-order valence-electron chi connectivity index (χ0n) is 14.8. The first-order valence-electron chi connectivity index (χ1n) is 8.87. The average Bonchev–Trinajstić information content (AvgIpc) is 3.09. The molecule has 0 aliphatic carbocycles. The molecular formula is C18H26N2O4S. The number of benzene rings is 1. The molecule has 2 saturated heterocycles. The van der Waals surface area contributed by atoms with Crippen LogP contribution in [0.2, 0.25) is 0 Å². The van der Waals surface area contributed by atoms with Gasteiger partial charge in [-0.05, 0) is 51.2 Å². The van der Waals surface area contributed by atoms with Crippen molar-refractivity contribution in [3.63, 3.8) is 0 Å². The van der Waals surface area contributed by atoms with Gasteiger partial charge in [0.15, 0.2) is 0 Å². The van der Waals surface area contributed by atoms with Gasteiger partial charge in [0, 0.05) is 25.7 Å². The van der Waals surface area contributed by atoms with E-state index in [1.165, 1.54) is 4.31 Å². The summed E-state index contributed by atoms with van der Waals surface area (Å²) in [7, 11) is -3.48. The summed E-state index contributed by atoms with van der Waals surface area (Å²) in [6.07, 6.45) is 2.61. The van der Waals surface area contributed by atoms with Crippen molar-refractivity contribution in [2.24, 2.45) is 0 Å². The molecule has 1 amide bonds. The monoisotopic (exact) mass is 366 g/mol. The molecule has 6 nitrogen and oxygen atoms in total. The Kier molecular flexibility index (Phi) is 5.46. The van der Waals surface area contributed by atoms with Crippen LogP contribution < -0.4 is 5.32 Å². The third-order valence-electron chi connectivity index (χ3n) is 4.97. The van der Waals surface area contributed by atoms with Gasteiger partial charge in [-0.1, -0.05) is 17.7 Å². The number of nitrogens with zero attached hydrogens (tertiary/aromatic N) is 1. The molecule has 2 aliphatic heterocycles. The molecule has 1 atom stereocenters. The van der Waals surface area contributed by atoms with Gasteiger partial charge in [-0.15, -0.1) is 0 Å². The van der Waals surface area contributed by atoms with Crippen LogP contribution in [0.1, 0.15) is 36.8 Å². The third-order valence-corrected chi connectivity index (χ3v) is 7.03. The van der Waals surface area contributed by atoms with Crippen molar-refractivity contribution in [2.45, 2.75) is 56.6 Å². The summed E-state index contributed by atoms with van der Waals surface area (Å²) in [5.74, 6) is -0.0619. The standard InChI is InChI=1S/C18H26N2O4S/c1-13-5-6-17(14(2)12-13)25(22,23)20-9-7-15(8-10-20)19-18(21)16-4-3-11-24-16/h5-6,12,15-16H,3-4,7-11H2,1-2H3,(H,19,21). The van der Waals surface area contributed by atoms with E-state index in [-0.39, 0.29) is 18.1 Å².